The molecule has 0 amide bonds. The van der Waals surface area contributed by atoms with Crippen LogP contribution in [0.15, 0.2) is 43.1 Å². The summed E-state index contributed by atoms with van der Waals surface area (Å²) in [5, 5.41) is 0. The second kappa shape index (κ2) is 10.8. The van der Waals surface area contributed by atoms with Crippen LogP contribution >= 0.6 is 0 Å². The maximum Gasteiger partial charge on any atom is 0.395 e. The Morgan fingerprint density at radius 2 is 1.73 bits per heavy atom. The zero-order valence-electron chi connectivity index (χ0n) is 21.5. The van der Waals surface area contributed by atoms with E-state index in [1.54, 1.807) is 12.1 Å². The second-order valence-corrected chi connectivity index (χ2v) is 11.3. The number of hydrogen-bond acceptors (Lipinski definition) is 3. The Morgan fingerprint density at radius 3 is 2.30 bits per heavy atom. The lowest BCUT2D eigenvalue weighted by molar-refractivity contribution is -0.256. The van der Waals surface area contributed by atoms with Crippen LogP contribution in [0.4, 0.5) is 17.6 Å². The second-order valence-electron chi connectivity index (χ2n) is 11.3. The minimum atomic E-state index is -4.09. The Balaban J connectivity index is 1.10. The minimum Gasteiger partial charge on any atom is -0.371 e. The highest BCUT2D eigenvalue weighted by molar-refractivity contribution is 5.67. The molecule has 2 aliphatic heterocycles. The topological polar surface area (TPSA) is 19.4 Å². The van der Waals surface area contributed by atoms with Gasteiger partial charge in [0.25, 0.3) is 0 Å². The summed E-state index contributed by atoms with van der Waals surface area (Å²) in [7, 11) is 0. The molecule has 2 saturated heterocycles. The molecule has 0 spiro atoms. The third-order valence-corrected chi connectivity index (χ3v) is 8.87. The van der Waals surface area contributed by atoms with Crippen LogP contribution in [0.3, 0.4) is 0 Å². The zero-order valence-corrected chi connectivity index (χ0v) is 21.5. The van der Waals surface area contributed by atoms with E-state index in [0.717, 1.165) is 87.2 Å². The fraction of sp³-hybridized carbons (Fsp3) is 0.567. The third-order valence-electron chi connectivity index (χ3n) is 8.87. The predicted molar refractivity (Wildman–Crippen MR) is 139 cm³/mol. The molecule has 0 bridgehead atoms. The summed E-state index contributed by atoms with van der Waals surface area (Å²) in [6.45, 7) is 7.64. The molecule has 3 nitrogen and oxygen atoms in total. The van der Waals surface area contributed by atoms with Gasteiger partial charge in [-0.2, -0.15) is 13.2 Å². The number of pyridine rings is 1. The van der Waals surface area contributed by atoms with E-state index in [4.69, 9.17) is 0 Å². The first-order valence-corrected chi connectivity index (χ1v) is 13.7. The van der Waals surface area contributed by atoms with E-state index in [2.05, 4.69) is 22.5 Å². The van der Waals surface area contributed by atoms with E-state index in [-0.39, 0.29) is 25.2 Å². The molecule has 5 rings (SSSR count). The van der Waals surface area contributed by atoms with Crippen molar-refractivity contribution in [2.45, 2.75) is 64.0 Å². The third kappa shape index (κ3) is 5.71. The van der Waals surface area contributed by atoms with Crippen LogP contribution < -0.4 is 0 Å². The quantitative estimate of drug-likeness (QED) is 0.343. The minimum absolute atomic E-state index is 0.169. The molecule has 2 aromatic rings. The Hall–Kier alpha value is -2.41. The summed E-state index contributed by atoms with van der Waals surface area (Å²) in [6, 6.07) is 9.24. The van der Waals surface area contributed by atoms with Gasteiger partial charge in [-0.25, -0.2) is 4.39 Å². The van der Waals surface area contributed by atoms with E-state index < -0.39 is 11.6 Å². The first-order chi connectivity index (χ1) is 17.7. The number of aryl methyl sites for hydroxylation is 1. The molecule has 1 aromatic heterocycles. The van der Waals surface area contributed by atoms with E-state index >= 15 is 0 Å². The van der Waals surface area contributed by atoms with Crippen LogP contribution in [0.1, 0.15) is 62.5 Å². The van der Waals surface area contributed by atoms with E-state index in [1.807, 2.05) is 23.2 Å². The summed E-state index contributed by atoms with van der Waals surface area (Å²) >= 11 is 0. The normalized spacial score (nSPS) is 20.7. The number of likely N-dealkylation sites (tertiary alicyclic amines) is 2. The lowest BCUT2D eigenvalue weighted by Gasteiger charge is -2.47. The summed E-state index contributed by atoms with van der Waals surface area (Å²) < 4.78 is 55.4. The fourth-order valence-corrected chi connectivity index (χ4v) is 6.18. The number of halogens is 4. The number of alkyl halides is 3. The van der Waals surface area contributed by atoms with E-state index in [9.17, 15) is 17.6 Å². The molecule has 7 heteroatoms. The summed E-state index contributed by atoms with van der Waals surface area (Å²) in [6.07, 6.45) is 5.09. The van der Waals surface area contributed by atoms with Gasteiger partial charge in [0.05, 0.1) is 11.1 Å². The highest BCUT2D eigenvalue weighted by Crippen LogP contribution is 2.53. The molecule has 1 saturated carbocycles. The van der Waals surface area contributed by atoms with Gasteiger partial charge in [0.15, 0.2) is 0 Å². The Bertz CT molecular complexity index is 1080. The van der Waals surface area contributed by atoms with Gasteiger partial charge in [-0.3, -0.25) is 4.98 Å². The summed E-state index contributed by atoms with van der Waals surface area (Å²) in [5.41, 5.74) is 2.46. The number of piperidine rings is 1. The van der Waals surface area contributed by atoms with Crippen LogP contribution in [0.5, 0.6) is 0 Å². The van der Waals surface area contributed by atoms with Gasteiger partial charge in [-0.1, -0.05) is 25.1 Å². The number of aromatic nitrogens is 1. The van der Waals surface area contributed by atoms with Gasteiger partial charge in [0.2, 0.25) is 0 Å². The Morgan fingerprint density at radius 1 is 1.00 bits per heavy atom. The van der Waals surface area contributed by atoms with Gasteiger partial charge in [-0.15, -0.1) is 0 Å². The number of nitrogens with zero attached hydrogens (tertiary/aromatic N) is 3. The Labute approximate surface area is 217 Å². The van der Waals surface area contributed by atoms with Gasteiger partial charge in [0, 0.05) is 42.7 Å². The molecule has 0 unspecified atom stereocenters. The van der Waals surface area contributed by atoms with Gasteiger partial charge >= 0.3 is 6.18 Å². The molecule has 3 aliphatic rings. The van der Waals surface area contributed by atoms with Crippen molar-refractivity contribution in [3.63, 3.8) is 0 Å². The van der Waals surface area contributed by atoms with Crippen LogP contribution in [0.25, 0.3) is 17.0 Å². The molecule has 1 aliphatic carbocycles. The van der Waals surface area contributed by atoms with Crippen molar-refractivity contribution in [2.75, 3.05) is 32.7 Å². The molecule has 0 N–H and O–H groups in total. The van der Waals surface area contributed by atoms with Crippen molar-refractivity contribution in [3.05, 3.63) is 60.1 Å². The molecule has 37 heavy (non-hydrogen) atoms. The van der Waals surface area contributed by atoms with Crippen molar-refractivity contribution in [1.29, 1.82) is 0 Å². The largest absolute Gasteiger partial charge is 0.395 e. The van der Waals surface area contributed by atoms with Gasteiger partial charge in [0.1, 0.15) is 5.82 Å². The van der Waals surface area contributed by atoms with Crippen LogP contribution in [0.2, 0.25) is 0 Å². The average molecular weight is 516 g/mol. The van der Waals surface area contributed by atoms with Gasteiger partial charge < -0.3 is 9.80 Å². The molecule has 1 aromatic carbocycles. The summed E-state index contributed by atoms with van der Waals surface area (Å²) in [4.78, 5) is 8.76. The predicted octanol–water partition coefficient (Wildman–Crippen LogP) is 7.33. The number of rotatable bonds is 8. The zero-order chi connectivity index (χ0) is 26.0. The maximum atomic E-state index is 14.9. The van der Waals surface area contributed by atoms with Crippen molar-refractivity contribution in [1.82, 2.24) is 14.8 Å². The van der Waals surface area contributed by atoms with Crippen LogP contribution in [-0.2, 0) is 6.42 Å². The van der Waals surface area contributed by atoms with E-state index in [1.165, 1.54) is 0 Å². The monoisotopic (exact) mass is 515 g/mol. The molecule has 3 heterocycles. The summed E-state index contributed by atoms with van der Waals surface area (Å²) in [5.74, 6) is 0.259. The SMILES string of the molecule is C=C(c1ccc(-c2ccc(CCC3CCN(CC4(C(F)(F)F)CCC4)CC3)cn2)cc1F)N1CCCC1. The highest BCUT2D eigenvalue weighted by atomic mass is 19.4. The first kappa shape index (κ1) is 26.2. The molecular weight excluding hydrogens is 478 g/mol. The Kier molecular flexibility index (Phi) is 7.62. The van der Waals surface area contributed by atoms with Crippen LogP contribution in [-0.4, -0.2) is 53.7 Å². The standard InChI is InChI=1S/C30H37F4N3/c1-22(37-15-2-3-16-37)26-9-8-25(19-27(26)31)28-10-7-24(20-35-28)6-5-23-11-17-36(18-12-23)21-29(13-4-14-29)30(32,33)34/h7-10,19-20,23H,1-6,11-18,21H2. The van der Waals surface area contributed by atoms with Crippen molar-refractivity contribution in [3.8, 4) is 11.3 Å². The van der Waals surface area contributed by atoms with Crippen LogP contribution in [0, 0.1) is 17.2 Å². The fourth-order valence-electron chi connectivity index (χ4n) is 6.18. The first-order valence-electron chi connectivity index (χ1n) is 13.7. The molecular formula is C30H37F4N3. The lowest BCUT2D eigenvalue weighted by Crippen LogP contribution is -2.53. The van der Waals surface area contributed by atoms with E-state index in [0.29, 0.717) is 17.9 Å². The van der Waals surface area contributed by atoms with Gasteiger partial charge in [-0.05, 0) is 94.1 Å². The average Bonchev–Trinajstić information content (AvgIpc) is 3.40. The molecule has 200 valence electrons. The lowest BCUT2D eigenvalue weighted by atomic mass is 9.67. The maximum absolute atomic E-state index is 14.9. The van der Waals surface area contributed by atoms with Crippen molar-refractivity contribution in [2.24, 2.45) is 11.3 Å². The van der Waals surface area contributed by atoms with Crippen molar-refractivity contribution < 1.29 is 17.6 Å². The highest BCUT2D eigenvalue weighted by Gasteiger charge is 2.58. The molecule has 0 atom stereocenters. The number of benzene rings is 1. The molecule has 3 fully saturated rings. The smallest absolute Gasteiger partial charge is 0.371 e. The number of hydrogen-bond donors (Lipinski definition) is 0. The van der Waals surface area contributed by atoms with Crippen molar-refractivity contribution >= 4 is 5.70 Å². The molecule has 0 radical (unpaired) electrons.